The highest BCUT2D eigenvalue weighted by Crippen LogP contribution is 2.27. The van der Waals surface area contributed by atoms with E-state index in [-0.39, 0.29) is 11.9 Å². The van der Waals surface area contributed by atoms with Crippen molar-refractivity contribution >= 4 is 28.2 Å². The Morgan fingerprint density at radius 2 is 2.18 bits per heavy atom. The molecule has 2 rings (SSSR count). The number of esters is 1. The molecule has 0 atom stereocenters. The molecule has 0 unspecified atom stereocenters. The van der Waals surface area contributed by atoms with E-state index in [1.54, 1.807) is 23.9 Å². The molecule has 6 nitrogen and oxygen atoms in total. The molecule has 118 valence electrons. The third kappa shape index (κ3) is 4.17. The number of anilines is 1. The Morgan fingerprint density at radius 1 is 1.41 bits per heavy atom. The van der Waals surface area contributed by atoms with Crippen molar-refractivity contribution in [3.8, 4) is 0 Å². The lowest BCUT2D eigenvalue weighted by atomic mass is 10.3. The van der Waals surface area contributed by atoms with Gasteiger partial charge in [-0.1, -0.05) is 0 Å². The van der Waals surface area contributed by atoms with Gasteiger partial charge < -0.3 is 10.1 Å². The molecular formula is C15H19N3O3S. The summed E-state index contributed by atoms with van der Waals surface area (Å²) in [7, 11) is 0. The van der Waals surface area contributed by atoms with Crippen molar-refractivity contribution in [3.05, 3.63) is 34.5 Å². The Kier molecular flexibility index (Phi) is 5.32. The standard InChI is InChI=1S/C15H19N3O3S/c1-4-21-15(20)14-11(3)7-13(22-14)17-12(19)5-6-18-9-10(2)8-16-18/h7-9H,4-6H2,1-3H3,(H,17,19). The molecule has 0 radical (unpaired) electrons. The lowest BCUT2D eigenvalue weighted by Crippen LogP contribution is -2.13. The minimum atomic E-state index is -0.350. The zero-order valence-corrected chi connectivity index (χ0v) is 13.7. The fourth-order valence-electron chi connectivity index (χ4n) is 1.95. The molecule has 2 aromatic heterocycles. The second-order valence-corrected chi connectivity index (χ2v) is 5.97. The Bertz CT molecular complexity index is 675. The number of hydrogen-bond donors (Lipinski definition) is 1. The van der Waals surface area contributed by atoms with Crippen LogP contribution in [-0.2, 0) is 16.1 Å². The Morgan fingerprint density at radius 3 is 2.82 bits per heavy atom. The van der Waals surface area contributed by atoms with E-state index in [1.807, 2.05) is 20.0 Å². The van der Waals surface area contributed by atoms with Gasteiger partial charge in [0.15, 0.2) is 0 Å². The van der Waals surface area contributed by atoms with Crippen LogP contribution in [0.1, 0.15) is 34.1 Å². The topological polar surface area (TPSA) is 73.2 Å². The van der Waals surface area contributed by atoms with Gasteiger partial charge in [0.1, 0.15) is 4.88 Å². The van der Waals surface area contributed by atoms with Crippen LogP contribution >= 0.6 is 11.3 Å². The van der Waals surface area contributed by atoms with Crippen molar-refractivity contribution in [2.75, 3.05) is 11.9 Å². The zero-order valence-electron chi connectivity index (χ0n) is 12.9. The van der Waals surface area contributed by atoms with Crippen LogP contribution in [0.4, 0.5) is 5.00 Å². The van der Waals surface area contributed by atoms with Crippen LogP contribution in [0.2, 0.25) is 0 Å². The Hall–Kier alpha value is -2.15. The van der Waals surface area contributed by atoms with Crippen LogP contribution in [0.25, 0.3) is 0 Å². The summed E-state index contributed by atoms with van der Waals surface area (Å²) in [6.07, 6.45) is 3.97. The molecule has 1 N–H and O–H groups in total. The van der Waals surface area contributed by atoms with Crippen LogP contribution in [0.3, 0.4) is 0 Å². The van der Waals surface area contributed by atoms with Gasteiger partial charge in [-0.15, -0.1) is 11.3 Å². The van der Waals surface area contributed by atoms with Crippen LogP contribution in [0.5, 0.6) is 0 Å². The first-order chi connectivity index (χ1) is 10.5. The fraction of sp³-hybridized carbons (Fsp3) is 0.400. The monoisotopic (exact) mass is 321 g/mol. The molecule has 0 saturated heterocycles. The van der Waals surface area contributed by atoms with Gasteiger partial charge in [0.05, 0.1) is 17.8 Å². The third-order valence-electron chi connectivity index (χ3n) is 2.97. The molecule has 22 heavy (non-hydrogen) atoms. The highest BCUT2D eigenvalue weighted by Gasteiger charge is 2.15. The molecule has 0 spiro atoms. The predicted octanol–water partition coefficient (Wildman–Crippen LogP) is 2.77. The first-order valence-electron chi connectivity index (χ1n) is 7.06. The first kappa shape index (κ1) is 16.2. The van der Waals surface area contributed by atoms with Crippen molar-refractivity contribution < 1.29 is 14.3 Å². The zero-order chi connectivity index (χ0) is 16.1. The van der Waals surface area contributed by atoms with Gasteiger partial charge in [-0.2, -0.15) is 5.10 Å². The number of aromatic nitrogens is 2. The number of amides is 1. The summed E-state index contributed by atoms with van der Waals surface area (Å²) < 4.78 is 6.72. The van der Waals surface area contributed by atoms with Crippen molar-refractivity contribution in [1.82, 2.24) is 9.78 Å². The molecule has 0 aliphatic heterocycles. The number of nitrogens with one attached hydrogen (secondary N) is 1. The first-order valence-corrected chi connectivity index (χ1v) is 7.87. The maximum atomic E-state index is 11.9. The van der Waals surface area contributed by atoms with E-state index in [1.165, 1.54) is 11.3 Å². The predicted molar refractivity (Wildman–Crippen MR) is 85.2 cm³/mol. The summed E-state index contributed by atoms with van der Waals surface area (Å²) >= 11 is 1.23. The van der Waals surface area contributed by atoms with Crippen molar-refractivity contribution in [3.63, 3.8) is 0 Å². The van der Waals surface area contributed by atoms with E-state index in [4.69, 9.17) is 4.74 Å². The minimum absolute atomic E-state index is 0.107. The summed E-state index contributed by atoms with van der Waals surface area (Å²) in [5.41, 5.74) is 1.87. The van der Waals surface area contributed by atoms with E-state index >= 15 is 0 Å². The summed E-state index contributed by atoms with van der Waals surface area (Å²) in [4.78, 5) is 24.2. The minimum Gasteiger partial charge on any atom is -0.462 e. The molecule has 0 aliphatic carbocycles. The Balaban J connectivity index is 1.91. The van der Waals surface area contributed by atoms with Crippen molar-refractivity contribution in [1.29, 1.82) is 0 Å². The summed E-state index contributed by atoms with van der Waals surface area (Å²) in [6, 6.07) is 1.78. The van der Waals surface area contributed by atoms with Gasteiger partial charge in [0.25, 0.3) is 0 Å². The van der Waals surface area contributed by atoms with Crippen molar-refractivity contribution in [2.24, 2.45) is 0 Å². The molecule has 0 saturated carbocycles. The third-order valence-corrected chi connectivity index (χ3v) is 4.10. The average Bonchev–Trinajstić information content (AvgIpc) is 3.03. The summed E-state index contributed by atoms with van der Waals surface area (Å²) in [6.45, 7) is 6.40. The SMILES string of the molecule is CCOC(=O)c1sc(NC(=O)CCn2cc(C)cn2)cc1C. The number of rotatable bonds is 6. The molecule has 0 bridgehead atoms. The summed E-state index contributed by atoms with van der Waals surface area (Å²) in [5.74, 6) is -0.456. The fourth-order valence-corrected chi connectivity index (χ4v) is 2.93. The quantitative estimate of drug-likeness (QED) is 0.830. The second kappa shape index (κ2) is 7.22. The molecule has 2 aromatic rings. The number of carbonyl (C=O) groups excluding carboxylic acids is 2. The van der Waals surface area contributed by atoms with Crippen LogP contribution in [0, 0.1) is 13.8 Å². The van der Waals surface area contributed by atoms with Gasteiger partial charge >= 0.3 is 5.97 Å². The number of ether oxygens (including phenoxy) is 1. The van der Waals surface area contributed by atoms with Gasteiger partial charge in [-0.25, -0.2) is 4.79 Å². The maximum absolute atomic E-state index is 11.9. The van der Waals surface area contributed by atoms with Gasteiger partial charge in [0.2, 0.25) is 5.91 Å². The average molecular weight is 321 g/mol. The molecule has 7 heteroatoms. The highest BCUT2D eigenvalue weighted by atomic mass is 32.1. The number of hydrogen-bond acceptors (Lipinski definition) is 5. The molecule has 0 fully saturated rings. The van der Waals surface area contributed by atoms with Gasteiger partial charge in [0, 0.05) is 19.2 Å². The largest absolute Gasteiger partial charge is 0.462 e. The van der Waals surface area contributed by atoms with Gasteiger partial charge in [-0.05, 0) is 38.0 Å². The number of thiophene rings is 1. The van der Waals surface area contributed by atoms with Crippen LogP contribution in [-0.4, -0.2) is 28.3 Å². The lowest BCUT2D eigenvalue weighted by molar-refractivity contribution is -0.116. The van der Waals surface area contributed by atoms with Crippen LogP contribution in [0.15, 0.2) is 18.5 Å². The van der Waals surface area contributed by atoms with Crippen molar-refractivity contribution in [2.45, 2.75) is 33.7 Å². The van der Waals surface area contributed by atoms with E-state index in [0.29, 0.717) is 29.5 Å². The van der Waals surface area contributed by atoms with E-state index in [0.717, 1.165) is 11.1 Å². The summed E-state index contributed by atoms with van der Waals surface area (Å²) in [5, 5.41) is 7.60. The number of nitrogens with zero attached hydrogens (tertiary/aromatic N) is 2. The molecule has 0 aliphatic rings. The number of aryl methyl sites for hydroxylation is 3. The molecule has 2 heterocycles. The smallest absolute Gasteiger partial charge is 0.348 e. The lowest BCUT2D eigenvalue weighted by Gasteiger charge is -2.03. The van der Waals surface area contributed by atoms with Gasteiger partial charge in [-0.3, -0.25) is 9.48 Å². The molecule has 1 amide bonds. The Labute approximate surface area is 133 Å². The van der Waals surface area contributed by atoms with Crippen LogP contribution < -0.4 is 5.32 Å². The molecule has 0 aromatic carbocycles. The highest BCUT2D eigenvalue weighted by molar-refractivity contribution is 7.18. The maximum Gasteiger partial charge on any atom is 0.348 e. The molecular weight excluding hydrogens is 302 g/mol. The van der Waals surface area contributed by atoms with E-state index < -0.39 is 0 Å². The normalized spacial score (nSPS) is 10.5. The van der Waals surface area contributed by atoms with E-state index in [2.05, 4.69) is 10.4 Å². The second-order valence-electron chi connectivity index (χ2n) is 4.92. The van der Waals surface area contributed by atoms with E-state index in [9.17, 15) is 9.59 Å². The number of carbonyl (C=O) groups is 2.